The van der Waals surface area contributed by atoms with Crippen LogP contribution in [-0.4, -0.2) is 9.78 Å². The maximum Gasteiger partial charge on any atom is 0.0679 e. The highest BCUT2D eigenvalue weighted by Gasteiger charge is 2.15. The molecule has 1 aromatic heterocycles. The van der Waals surface area contributed by atoms with Gasteiger partial charge in [-0.05, 0) is 43.7 Å². The van der Waals surface area contributed by atoms with Crippen molar-refractivity contribution < 1.29 is 0 Å². The smallest absolute Gasteiger partial charge is 0.0679 e. The molecule has 21 heavy (non-hydrogen) atoms. The summed E-state index contributed by atoms with van der Waals surface area (Å²) in [6, 6.07) is 15.8. The third-order valence-corrected chi connectivity index (χ3v) is 3.91. The minimum Gasteiger partial charge on any atom is -0.398 e. The molecule has 2 aromatic carbocycles. The van der Waals surface area contributed by atoms with E-state index in [1.54, 1.807) is 0 Å². The zero-order valence-corrected chi connectivity index (χ0v) is 12.7. The highest BCUT2D eigenvalue weighted by atomic mass is 35.5. The third kappa shape index (κ3) is 2.41. The van der Waals surface area contributed by atoms with Crippen LogP contribution in [0.1, 0.15) is 11.4 Å². The minimum atomic E-state index is 0.568. The summed E-state index contributed by atoms with van der Waals surface area (Å²) < 4.78 is 1.95. The summed E-state index contributed by atoms with van der Waals surface area (Å²) in [5, 5.41) is 5.22. The van der Waals surface area contributed by atoms with Crippen LogP contribution in [0.4, 0.5) is 5.69 Å². The topological polar surface area (TPSA) is 43.8 Å². The molecule has 3 rings (SSSR count). The van der Waals surface area contributed by atoms with Gasteiger partial charge in [0.25, 0.3) is 0 Å². The lowest BCUT2D eigenvalue weighted by Gasteiger charge is -2.07. The maximum atomic E-state index is 6.14. The molecule has 0 spiro atoms. The molecule has 0 unspecified atom stereocenters. The number of anilines is 1. The normalized spacial score (nSPS) is 10.8. The Balaban J connectivity index is 2.16. The number of halogens is 1. The summed E-state index contributed by atoms with van der Waals surface area (Å²) in [4.78, 5) is 0. The first-order valence-electron chi connectivity index (χ1n) is 6.75. The number of nitrogen functional groups attached to an aromatic ring is 1. The van der Waals surface area contributed by atoms with E-state index in [-0.39, 0.29) is 0 Å². The van der Waals surface area contributed by atoms with Gasteiger partial charge in [0, 0.05) is 11.3 Å². The van der Waals surface area contributed by atoms with Crippen molar-refractivity contribution in [2.24, 2.45) is 0 Å². The molecule has 1 heterocycles. The molecule has 0 fully saturated rings. The number of hydrogen-bond donors (Lipinski definition) is 1. The molecule has 0 saturated carbocycles. The summed E-state index contributed by atoms with van der Waals surface area (Å²) in [6.45, 7) is 4.07. The summed E-state index contributed by atoms with van der Waals surface area (Å²) in [6.07, 6.45) is 0. The number of nitrogens with two attached hydrogens (primary N) is 1. The highest BCUT2D eigenvalue weighted by molar-refractivity contribution is 6.33. The van der Waals surface area contributed by atoms with E-state index in [4.69, 9.17) is 17.3 Å². The van der Waals surface area contributed by atoms with Crippen molar-refractivity contribution in [1.82, 2.24) is 9.78 Å². The first-order chi connectivity index (χ1) is 10.1. The van der Waals surface area contributed by atoms with Crippen LogP contribution in [-0.2, 0) is 0 Å². The number of hydrogen-bond acceptors (Lipinski definition) is 2. The zero-order valence-electron chi connectivity index (χ0n) is 12.0. The number of aryl methyl sites for hydroxylation is 1. The number of nitrogens with zero attached hydrogens (tertiary/aromatic N) is 2. The maximum absolute atomic E-state index is 6.14. The van der Waals surface area contributed by atoms with Gasteiger partial charge in [0.15, 0.2) is 0 Å². The monoisotopic (exact) mass is 297 g/mol. The van der Waals surface area contributed by atoms with E-state index in [0.717, 1.165) is 28.2 Å². The second-order valence-electron chi connectivity index (χ2n) is 5.03. The van der Waals surface area contributed by atoms with Crippen molar-refractivity contribution in [3.05, 3.63) is 64.9 Å². The molecule has 0 bridgehead atoms. The molecule has 0 radical (unpaired) electrons. The van der Waals surface area contributed by atoms with E-state index in [2.05, 4.69) is 12.0 Å². The predicted molar refractivity (Wildman–Crippen MR) is 87.9 cm³/mol. The second-order valence-corrected chi connectivity index (χ2v) is 5.44. The molecular weight excluding hydrogens is 282 g/mol. The van der Waals surface area contributed by atoms with Crippen LogP contribution < -0.4 is 5.73 Å². The lowest BCUT2D eigenvalue weighted by atomic mass is 10.0. The van der Waals surface area contributed by atoms with Crippen molar-refractivity contribution in [3.63, 3.8) is 0 Å². The standard InChI is InChI=1S/C17H16ClN3/c1-11-17(13-8-9-16(19)15(18)10-13)12(2)21(20-11)14-6-4-3-5-7-14/h3-10H,19H2,1-2H3. The Bertz CT molecular complexity index is 791. The van der Waals surface area contributed by atoms with Crippen LogP contribution in [0.15, 0.2) is 48.5 Å². The summed E-state index contributed by atoms with van der Waals surface area (Å²) >= 11 is 6.14. The molecule has 106 valence electrons. The zero-order chi connectivity index (χ0) is 15.0. The van der Waals surface area contributed by atoms with Gasteiger partial charge in [-0.25, -0.2) is 4.68 Å². The van der Waals surface area contributed by atoms with Crippen LogP contribution in [0.3, 0.4) is 0 Å². The van der Waals surface area contributed by atoms with Crippen molar-refractivity contribution in [2.45, 2.75) is 13.8 Å². The van der Waals surface area contributed by atoms with Gasteiger partial charge in [0.2, 0.25) is 0 Å². The van der Waals surface area contributed by atoms with Gasteiger partial charge in [0.05, 0.1) is 22.1 Å². The van der Waals surface area contributed by atoms with Crippen LogP contribution in [0.2, 0.25) is 5.02 Å². The molecule has 2 N–H and O–H groups in total. The van der Waals surface area contributed by atoms with Gasteiger partial charge in [-0.15, -0.1) is 0 Å². The molecule has 0 aliphatic heterocycles. The number of rotatable bonds is 2. The SMILES string of the molecule is Cc1nn(-c2ccccc2)c(C)c1-c1ccc(N)c(Cl)c1. The second kappa shape index (κ2) is 5.26. The lowest BCUT2D eigenvalue weighted by molar-refractivity contribution is 0.834. The molecule has 3 nitrogen and oxygen atoms in total. The van der Waals surface area contributed by atoms with Crippen molar-refractivity contribution in [1.29, 1.82) is 0 Å². The Morgan fingerprint density at radius 1 is 1.05 bits per heavy atom. The largest absolute Gasteiger partial charge is 0.398 e. The molecular formula is C17H16ClN3. The fourth-order valence-electron chi connectivity index (χ4n) is 2.56. The Hall–Kier alpha value is -2.26. The van der Waals surface area contributed by atoms with Gasteiger partial charge in [-0.2, -0.15) is 5.10 Å². The number of benzene rings is 2. The predicted octanol–water partition coefficient (Wildman–Crippen LogP) is 4.39. The Labute approximate surface area is 129 Å². The minimum absolute atomic E-state index is 0.568. The molecule has 0 aliphatic carbocycles. The first kappa shape index (κ1) is 13.7. The van der Waals surface area contributed by atoms with E-state index in [1.807, 2.05) is 60.1 Å². The Kier molecular flexibility index (Phi) is 3.43. The van der Waals surface area contributed by atoms with E-state index < -0.39 is 0 Å². The Morgan fingerprint density at radius 3 is 2.43 bits per heavy atom. The fraction of sp³-hybridized carbons (Fsp3) is 0.118. The van der Waals surface area contributed by atoms with Gasteiger partial charge >= 0.3 is 0 Å². The highest BCUT2D eigenvalue weighted by Crippen LogP contribution is 2.32. The number of aromatic nitrogens is 2. The summed E-state index contributed by atoms with van der Waals surface area (Å²) in [7, 11) is 0. The quantitative estimate of drug-likeness (QED) is 0.713. The van der Waals surface area contributed by atoms with Crippen molar-refractivity contribution in [2.75, 3.05) is 5.73 Å². The van der Waals surface area contributed by atoms with Crippen molar-refractivity contribution >= 4 is 17.3 Å². The summed E-state index contributed by atoms with van der Waals surface area (Å²) in [5.41, 5.74) is 11.6. The van der Waals surface area contributed by atoms with Gasteiger partial charge in [-0.3, -0.25) is 0 Å². The molecule has 0 atom stereocenters. The van der Waals surface area contributed by atoms with Crippen LogP contribution in [0, 0.1) is 13.8 Å². The van der Waals surface area contributed by atoms with E-state index >= 15 is 0 Å². The Morgan fingerprint density at radius 2 is 1.76 bits per heavy atom. The first-order valence-corrected chi connectivity index (χ1v) is 7.13. The fourth-order valence-corrected chi connectivity index (χ4v) is 2.74. The molecule has 0 saturated heterocycles. The van der Waals surface area contributed by atoms with Crippen LogP contribution >= 0.6 is 11.6 Å². The van der Waals surface area contributed by atoms with E-state index in [0.29, 0.717) is 10.7 Å². The van der Waals surface area contributed by atoms with Crippen LogP contribution in [0.5, 0.6) is 0 Å². The van der Waals surface area contributed by atoms with E-state index in [9.17, 15) is 0 Å². The lowest BCUT2D eigenvalue weighted by Crippen LogP contribution is -1.98. The van der Waals surface area contributed by atoms with Gasteiger partial charge < -0.3 is 5.73 Å². The molecule has 0 aliphatic rings. The van der Waals surface area contributed by atoms with Crippen molar-refractivity contribution in [3.8, 4) is 16.8 Å². The van der Waals surface area contributed by atoms with Gasteiger partial charge in [0.1, 0.15) is 0 Å². The summed E-state index contributed by atoms with van der Waals surface area (Å²) in [5.74, 6) is 0. The average molecular weight is 298 g/mol. The van der Waals surface area contributed by atoms with Crippen LogP contribution in [0.25, 0.3) is 16.8 Å². The average Bonchev–Trinajstić information content (AvgIpc) is 2.78. The van der Waals surface area contributed by atoms with Gasteiger partial charge in [-0.1, -0.05) is 35.9 Å². The number of para-hydroxylation sites is 1. The third-order valence-electron chi connectivity index (χ3n) is 3.58. The molecule has 0 amide bonds. The molecule has 3 aromatic rings. The molecule has 4 heteroatoms. The van der Waals surface area contributed by atoms with E-state index in [1.165, 1.54) is 0 Å².